The number of hydrogen-bond acceptors (Lipinski definition) is 4. The SMILES string of the molecule is CNC(=O)c1ccc(Cl)c(NC(=O)COc2ccc(C(C)=O)cc2)c1. The zero-order valence-corrected chi connectivity index (χ0v) is 14.5. The Morgan fingerprint density at radius 1 is 1.04 bits per heavy atom. The highest BCUT2D eigenvalue weighted by atomic mass is 35.5. The average Bonchev–Trinajstić information content (AvgIpc) is 2.61. The van der Waals surface area contributed by atoms with Gasteiger partial charge in [-0.1, -0.05) is 11.6 Å². The number of anilines is 1. The second kappa shape index (κ2) is 8.30. The summed E-state index contributed by atoms with van der Waals surface area (Å²) in [4.78, 5) is 34.9. The minimum atomic E-state index is -0.424. The van der Waals surface area contributed by atoms with Gasteiger partial charge in [-0.05, 0) is 49.4 Å². The highest BCUT2D eigenvalue weighted by molar-refractivity contribution is 6.33. The van der Waals surface area contributed by atoms with Gasteiger partial charge in [-0.3, -0.25) is 14.4 Å². The van der Waals surface area contributed by atoms with Crippen molar-refractivity contribution in [1.29, 1.82) is 0 Å². The molecule has 0 saturated heterocycles. The number of carbonyl (C=O) groups excluding carboxylic acids is 3. The lowest BCUT2D eigenvalue weighted by Crippen LogP contribution is -2.21. The molecule has 2 aromatic carbocycles. The molecule has 0 aromatic heterocycles. The third-order valence-corrected chi connectivity index (χ3v) is 3.69. The number of amides is 2. The zero-order chi connectivity index (χ0) is 18.4. The number of Topliss-reactive ketones (excluding diaryl/α,β-unsaturated/α-hetero) is 1. The molecule has 0 saturated carbocycles. The maximum absolute atomic E-state index is 12.0. The smallest absolute Gasteiger partial charge is 0.262 e. The summed E-state index contributed by atoms with van der Waals surface area (Å²) < 4.78 is 5.37. The van der Waals surface area contributed by atoms with Crippen LogP contribution in [0.1, 0.15) is 27.6 Å². The fourth-order valence-corrected chi connectivity index (χ4v) is 2.19. The fourth-order valence-electron chi connectivity index (χ4n) is 2.03. The van der Waals surface area contributed by atoms with Gasteiger partial charge in [-0.2, -0.15) is 0 Å². The Hall–Kier alpha value is -2.86. The molecular weight excluding hydrogens is 344 g/mol. The van der Waals surface area contributed by atoms with Crippen molar-refractivity contribution in [2.24, 2.45) is 0 Å². The molecule has 0 atom stereocenters. The number of ether oxygens (including phenoxy) is 1. The maximum Gasteiger partial charge on any atom is 0.262 e. The summed E-state index contributed by atoms with van der Waals surface area (Å²) in [5.41, 5.74) is 1.26. The zero-order valence-electron chi connectivity index (χ0n) is 13.8. The highest BCUT2D eigenvalue weighted by Gasteiger charge is 2.11. The predicted molar refractivity (Wildman–Crippen MR) is 95.4 cm³/mol. The molecule has 0 unspecified atom stereocenters. The molecule has 2 N–H and O–H groups in total. The lowest BCUT2D eigenvalue weighted by molar-refractivity contribution is -0.118. The molecule has 0 aliphatic rings. The second-order valence-electron chi connectivity index (χ2n) is 5.19. The van der Waals surface area contributed by atoms with Gasteiger partial charge in [0.15, 0.2) is 12.4 Å². The Kier molecular flexibility index (Phi) is 6.14. The van der Waals surface area contributed by atoms with Gasteiger partial charge >= 0.3 is 0 Å². The Bertz CT molecular complexity index is 803. The lowest BCUT2D eigenvalue weighted by Gasteiger charge is -2.10. The van der Waals surface area contributed by atoms with E-state index >= 15 is 0 Å². The number of benzene rings is 2. The Morgan fingerprint density at radius 3 is 2.28 bits per heavy atom. The van der Waals surface area contributed by atoms with E-state index in [1.165, 1.54) is 26.1 Å². The normalized spacial score (nSPS) is 10.0. The first-order valence-electron chi connectivity index (χ1n) is 7.46. The van der Waals surface area contributed by atoms with Crippen molar-refractivity contribution in [3.8, 4) is 5.75 Å². The van der Waals surface area contributed by atoms with Crippen molar-refractivity contribution in [3.05, 3.63) is 58.6 Å². The van der Waals surface area contributed by atoms with E-state index in [0.717, 1.165) is 0 Å². The van der Waals surface area contributed by atoms with Crippen molar-refractivity contribution in [2.45, 2.75) is 6.92 Å². The number of rotatable bonds is 6. The van der Waals surface area contributed by atoms with Crippen LogP contribution in [0.15, 0.2) is 42.5 Å². The van der Waals surface area contributed by atoms with Crippen molar-refractivity contribution in [3.63, 3.8) is 0 Å². The van der Waals surface area contributed by atoms with Crippen LogP contribution in [0, 0.1) is 0 Å². The predicted octanol–water partition coefficient (Wildman–Crippen LogP) is 2.92. The first kappa shape index (κ1) is 18.5. The van der Waals surface area contributed by atoms with Gasteiger partial charge in [-0.15, -0.1) is 0 Å². The standard InChI is InChI=1S/C18H17ClN2O4/c1-11(22)12-3-6-14(7-4-12)25-10-17(23)21-16-9-13(18(24)20-2)5-8-15(16)19/h3-9H,10H2,1-2H3,(H,20,24)(H,21,23). The monoisotopic (exact) mass is 360 g/mol. The van der Waals surface area contributed by atoms with E-state index in [9.17, 15) is 14.4 Å². The van der Waals surface area contributed by atoms with Crippen molar-refractivity contribution in [2.75, 3.05) is 19.0 Å². The Labute approximate surface area is 150 Å². The number of ketones is 1. The van der Waals surface area contributed by atoms with Gasteiger partial charge < -0.3 is 15.4 Å². The van der Waals surface area contributed by atoms with Gasteiger partial charge in [0.1, 0.15) is 5.75 Å². The topological polar surface area (TPSA) is 84.5 Å². The van der Waals surface area contributed by atoms with Crippen LogP contribution in [0.25, 0.3) is 0 Å². The molecule has 0 heterocycles. The number of nitrogens with one attached hydrogen (secondary N) is 2. The molecule has 25 heavy (non-hydrogen) atoms. The molecule has 0 bridgehead atoms. The van der Waals surface area contributed by atoms with Gasteiger partial charge in [0, 0.05) is 18.2 Å². The van der Waals surface area contributed by atoms with E-state index < -0.39 is 5.91 Å². The van der Waals surface area contributed by atoms with E-state index in [1.54, 1.807) is 30.3 Å². The van der Waals surface area contributed by atoms with E-state index in [1.807, 2.05) is 0 Å². The fraction of sp³-hybridized carbons (Fsp3) is 0.167. The Morgan fingerprint density at radius 2 is 1.68 bits per heavy atom. The van der Waals surface area contributed by atoms with Crippen molar-refractivity contribution < 1.29 is 19.1 Å². The minimum absolute atomic E-state index is 0.0464. The summed E-state index contributed by atoms with van der Waals surface area (Å²) >= 11 is 6.03. The molecule has 2 amide bonds. The first-order valence-corrected chi connectivity index (χ1v) is 7.84. The molecule has 2 aromatic rings. The summed E-state index contributed by atoms with van der Waals surface area (Å²) in [6.45, 7) is 1.24. The van der Waals surface area contributed by atoms with Gasteiger partial charge in [0.2, 0.25) is 0 Å². The lowest BCUT2D eigenvalue weighted by atomic mass is 10.1. The summed E-state index contributed by atoms with van der Waals surface area (Å²) in [5.74, 6) is -0.291. The third kappa shape index (κ3) is 5.06. The van der Waals surface area contributed by atoms with Crippen LogP contribution < -0.4 is 15.4 Å². The van der Waals surface area contributed by atoms with E-state index in [-0.39, 0.29) is 18.3 Å². The number of carbonyl (C=O) groups is 3. The summed E-state index contributed by atoms with van der Waals surface area (Å²) in [5, 5.41) is 5.41. The number of halogens is 1. The van der Waals surface area contributed by atoms with Crippen LogP contribution in [0.5, 0.6) is 5.75 Å². The third-order valence-electron chi connectivity index (χ3n) is 3.36. The van der Waals surface area contributed by atoms with Crippen LogP contribution in [-0.4, -0.2) is 31.3 Å². The molecule has 0 aliphatic heterocycles. The molecule has 0 radical (unpaired) electrons. The molecule has 130 valence electrons. The quantitative estimate of drug-likeness (QED) is 0.776. The first-order chi connectivity index (χ1) is 11.9. The van der Waals surface area contributed by atoms with Crippen LogP contribution in [-0.2, 0) is 4.79 Å². The van der Waals surface area contributed by atoms with E-state index in [4.69, 9.17) is 16.3 Å². The molecular formula is C18H17ClN2O4. The average molecular weight is 361 g/mol. The number of hydrogen-bond donors (Lipinski definition) is 2. The summed E-state index contributed by atoms with van der Waals surface area (Å²) in [7, 11) is 1.51. The summed E-state index contributed by atoms with van der Waals surface area (Å²) in [6.07, 6.45) is 0. The highest BCUT2D eigenvalue weighted by Crippen LogP contribution is 2.23. The molecule has 7 heteroatoms. The molecule has 0 spiro atoms. The second-order valence-corrected chi connectivity index (χ2v) is 5.60. The minimum Gasteiger partial charge on any atom is -0.484 e. The summed E-state index contributed by atoms with van der Waals surface area (Å²) in [6, 6.07) is 11.1. The van der Waals surface area contributed by atoms with E-state index in [2.05, 4.69) is 10.6 Å². The van der Waals surface area contributed by atoms with Crippen molar-refractivity contribution >= 4 is 34.9 Å². The molecule has 2 rings (SSSR count). The Balaban J connectivity index is 1.98. The van der Waals surface area contributed by atoms with Crippen LogP contribution in [0.3, 0.4) is 0 Å². The molecule has 0 aliphatic carbocycles. The van der Waals surface area contributed by atoms with Crippen molar-refractivity contribution in [1.82, 2.24) is 5.32 Å². The molecule has 6 nitrogen and oxygen atoms in total. The largest absolute Gasteiger partial charge is 0.484 e. The van der Waals surface area contributed by atoms with Crippen LogP contribution in [0.4, 0.5) is 5.69 Å². The maximum atomic E-state index is 12.0. The van der Waals surface area contributed by atoms with Gasteiger partial charge in [-0.25, -0.2) is 0 Å². The van der Waals surface area contributed by atoms with Crippen LogP contribution in [0.2, 0.25) is 5.02 Å². The molecule has 0 fully saturated rings. The van der Waals surface area contributed by atoms with Crippen LogP contribution >= 0.6 is 11.6 Å². The van der Waals surface area contributed by atoms with Gasteiger partial charge in [0.25, 0.3) is 11.8 Å². The van der Waals surface area contributed by atoms with Gasteiger partial charge in [0.05, 0.1) is 10.7 Å². The van der Waals surface area contributed by atoms with E-state index in [0.29, 0.717) is 27.6 Å².